The lowest BCUT2D eigenvalue weighted by atomic mass is 10.0. The Kier molecular flexibility index (Phi) is 7.89. The highest BCUT2D eigenvalue weighted by molar-refractivity contribution is 6.32. The van der Waals surface area contributed by atoms with Crippen LogP contribution < -0.4 is 10.6 Å². The first-order chi connectivity index (χ1) is 19.2. The van der Waals surface area contributed by atoms with Gasteiger partial charge in [0.05, 0.1) is 52.0 Å². The number of anilines is 1. The molecule has 0 atom stereocenters. The Hall–Kier alpha value is -4.70. The molecule has 2 heterocycles. The van der Waals surface area contributed by atoms with Gasteiger partial charge < -0.3 is 10.6 Å². The Morgan fingerprint density at radius 1 is 1.10 bits per heavy atom. The van der Waals surface area contributed by atoms with Crippen LogP contribution >= 0.6 is 11.6 Å². The number of rotatable bonds is 6. The minimum Gasteiger partial charge on any atom is -0.347 e. The number of hydrogen-bond acceptors (Lipinski definition) is 6. The van der Waals surface area contributed by atoms with E-state index >= 15 is 0 Å². The van der Waals surface area contributed by atoms with E-state index in [0.29, 0.717) is 11.3 Å². The maximum absolute atomic E-state index is 13.7. The van der Waals surface area contributed by atoms with Gasteiger partial charge in [0.1, 0.15) is 5.69 Å². The van der Waals surface area contributed by atoms with Crippen molar-refractivity contribution in [2.45, 2.75) is 46.0 Å². The van der Waals surface area contributed by atoms with Gasteiger partial charge in [0.15, 0.2) is 5.69 Å². The fourth-order valence-corrected chi connectivity index (χ4v) is 4.15. The van der Waals surface area contributed by atoms with Crippen LogP contribution in [0.5, 0.6) is 0 Å². The molecule has 41 heavy (non-hydrogen) atoms. The number of amides is 2. The summed E-state index contributed by atoms with van der Waals surface area (Å²) in [5, 5.41) is 26.3. The lowest BCUT2D eigenvalue weighted by Gasteiger charge is -2.22. The molecule has 2 N–H and O–H groups in total. The van der Waals surface area contributed by atoms with Gasteiger partial charge >= 0.3 is 6.18 Å². The number of benzene rings is 2. The Labute approximate surface area is 237 Å². The van der Waals surface area contributed by atoms with Crippen LogP contribution in [0.2, 0.25) is 5.02 Å². The smallest absolute Gasteiger partial charge is 0.347 e. The summed E-state index contributed by atoms with van der Waals surface area (Å²) < 4.78 is 41.2. The highest BCUT2D eigenvalue weighted by Crippen LogP contribution is 2.28. The maximum Gasteiger partial charge on any atom is 0.436 e. The molecule has 0 aliphatic heterocycles. The fourth-order valence-electron chi connectivity index (χ4n) is 3.93. The van der Waals surface area contributed by atoms with E-state index in [1.54, 1.807) is 52.0 Å². The van der Waals surface area contributed by atoms with Crippen LogP contribution in [0.15, 0.2) is 48.7 Å². The van der Waals surface area contributed by atoms with Crippen LogP contribution in [0.4, 0.5) is 18.9 Å². The van der Waals surface area contributed by atoms with Crippen LogP contribution in [-0.2, 0) is 12.7 Å². The van der Waals surface area contributed by atoms with Gasteiger partial charge in [-0.15, -0.1) is 5.10 Å². The number of carbonyl (C=O) groups excluding carboxylic acids is 2. The van der Waals surface area contributed by atoms with E-state index in [-0.39, 0.29) is 39.8 Å². The number of nitrogens with one attached hydrogen (secondary N) is 2. The first kappa shape index (κ1) is 29.3. The molecule has 0 aliphatic rings. The van der Waals surface area contributed by atoms with E-state index < -0.39 is 29.2 Å². The normalized spacial score (nSPS) is 11.7. The first-order valence-electron chi connectivity index (χ1n) is 12.2. The van der Waals surface area contributed by atoms with Crippen LogP contribution in [0.1, 0.15) is 64.1 Å². The second-order valence-corrected chi connectivity index (χ2v) is 10.6. The predicted molar refractivity (Wildman–Crippen MR) is 144 cm³/mol. The van der Waals surface area contributed by atoms with Crippen LogP contribution in [-0.4, -0.2) is 42.1 Å². The van der Waals surface area contributed by atoms with Gasteiger partial charge in [0.25, 0.3) is 11.8 Å². The molecule has 4 aromatic rings. The first-order valence-corrected chi connectivity index (χ1v) is 12.5. The number of nitriles is 1. The molecule has 0 saturated carbocycles. The van der Waals surface area contributed by atoms with Gasteiger partial charge in [-0.25, -0.2) is 9.36 Å². The Morgan fingerprint density at radius 3 is 2.41 bits per heavy atom. The van der Waals surface area contributed by atoms with Crippen molar-refractivity contribution in [3.63, 3.8) is 0 Å². The second-order valence-electron chi connectivity index (χ2n) is 10.2. The molecule has 2 aromatic heterocycles. The number of aryl methyl sites for hydroxylation is 1. The minimum atomic E-state index is -4.67. The van der Waals surface area contributed by atoms with E-state index in [0.717, 1.165) is 10.9 Å². The molecule has 10 nitrogen and oxygen atoms in total. The lowest BCUT2D eigenvalue weighted by molar-refractivity contribution is -0.141. The zero-order chi connectivity index (χ0) is 30.1. The lowest BCUT2D eigenvalue weighted by Crippen LogP contribution is -2.41. The Morgan fingerprint density at radius 2 is 1.80 bits per heavy atom. The third kappa shape index (κ3) is 6.72. The topological polar surface area (TPSA) is 131 Å². The second kappa shape index (κ2) is 11.1. The standard InChI is InChI=1S/C27H24ClF3N8O2/c1-15-9-16(12-32)10-18(24(40)34-26(2,3)4)23(15)33-25(41)21-11-17(13-38-14-22(35-37-38)27(29,30)31)36-39(21)20-8-6-5-7-19(20)28/h5-11,14H,13H2,1-4H3,(H,33,41)(H,34,40). The molecule has 0 saturated heterocycles. The van der Waals surface area contributed by atoms with Crippen molar-refractivity contribution < 1.29 is 22.8 Å². The number of aromatic nitrogens is 5. The summed E-state index contributed by atoms with van der Waals surface area (Å²) in [4.78, 5) is 26.8. The summed E-state index contributed by atoms with van der Waals surface area (Å²) in [5.41, 5.74) is -0.310. The van der Waals surface area contributed by atoms with Crippen molar-refractivity contribution in [1.29, 1.82) is 5.26 Å². The fraction of sp³-hybridized carbons (Fsp3) is 0.259. The van der Waals surface area contributed by atoms with Gasteiger partial charge in [-0.2, -0.15) is 23.5 Å². The van der Waals surface area contributed by atoms with E-state index in [9.17, 15) is 28.0 Å². The van der Waals surface area contributed by atoms with Gasteiger partial charge in [-0.1, -0.05) is 28.9 Å². The molecule has 4 rings (SSSR count). The minimum absolute atomic E-state index is 0.0183. The molecule has 0 spiro atoms. The molecular weight excluding hydrogens is 561 g/mol. The highest BCUT2D eigenvalue weighted by atomic mass is 35.5. The summed E-state index contributed by atoms with van der Waals surface area (Å²) in [6, 6.07) is 12.9. The van der Waals surface area contributed by atoms with E-state index in [1.807, 2.05) is 6.07 Å². The third-order valence-electron chi connectivity index (χ3n) is 5.66. The molecule has 0 radical (unpaired) electrons. The molecule has 2 aromatic carbocycles. The summed E-state index contributed by atoms with van der Waals surface area (Å²) in [6.45, 7) is 6.79. The van der Waals surface area contributed by atoms with E-state index in [4.69, 9.17) is 11.6 Å². The molecule has 0 aliphatic carbocycles. The number of hydrogen-bond donors (Lipinski definition) is 2. The van der Waals surface area contributed by atoms with Gasteiger partial charge in [-0.05, 0) is 63.6 Å². The largest absolute Gasteiger partial charge is 0.436 e. The van der Waals surface area contributed by atoms with E-state index in [1.165, 1.54) is 22.9 Å². The number of halogens is 4. The molecule has 212 valence electrons. The maximum atomic E-state index is 13.7. The van der Waals surface area contributed by atoms with Gasteiger partial charge in [-0.3, -0.25) is 9.59 Å². The number of carbonyl (C=O) groups is 2. The van der Waals surface area contributed by atoms with Crippen molar-refractivity contribution in [3.8, 4) is 11.8 Å². The molecule has 2 amide bonds. The van der Waals surface area contributed by atoms with Gasteiger partial charge in [0.2, 0.25) is 0 Å². The van der Waals surface area contributed by atoms with Crippen molar-refractivity contribution >= 4 is 29.1 Å². The summed E-state index contributed by atoms with van der Waals surface area (Å²) in [6.07, 6.45) is -3.94. The summed E-state index contributed by atoms with van der Waals surface area (Å²) in [7, 11) is 0. The highest BCUT2D eigenvalue weighted by Gasteiger charge is 2.34. The summed E-state index contributed by atoms with van der Waals surface area (Å²) in [5.74, 6) is -1.18. The summed E-state index contributed by atoms with van der Waals surface area (Å²) >= 11 is 6.38. The zero-order valence-corrected chi connectivity index (χ0v) is 23.1. The van der Waals surface area contributed by atoms with Crippen molar-refractivity contribution in [3.05, 3.63) is 87.5 Å². The molecule has 14 heteroatoms. The number of nitrogens with zero attached hydrogens (tertiary/aromatic N) is 6. The van der Waals surface area contributed by atoms with Crippen molar-refractivity contribution in [1.82, 2.24) is 30.1 Å². The van der Waals surface area contributed by atoms with Crippen molar-refractivity contribution in [2.24, 2.45) is 0 Å². The quantitative estimate of drug-likeness (QED) is 0.322. The van der Waals surface area contributed by atoms with Crippen LogP contribution in [0.25, 0.3) is 5.69 Å². The average molecular weight is 585 g/mol. The molecule has 0 fully saturated rings. The monoisotopic (exact) mass is 584 g/mol. The number of para-hydroxylation sites is 1. The Bertz CT molecular complexity index is 1680. The molecular formula is C27H24ClF3N8O2. The SMILES string of the molecule is Cc1cc(C#N)cc(C(=O)NC(C)(C)C)c1NC(=O)c1cc(Cn2cc(C(F)(F)F)nn2)nn1-c1ccccc1Cl. The zero-order valence-electron chi connectivity index (χ0n) is 22.3. The number of alkyl halides is 3. The molecule has 0 bridgehead atoms. The van der Waals surface area contributed by atoms with Gasteiger partial charge in [0, 0.05) is 5.54 Å². The average Bonchev–Trinajstić information content (AvgIpc) is 3.52. The van der Waals surface area contributed by atoms with E-state index in [2.05, 4.69) is 26.0 Å². The van der Waals surface area contributed by atoms with Crippen LogP contribution in [0.3, 0.4) is 0 Å². The molecule has 0 unspecified atom stereocenters. The predicted octanol–water partition coefficient (Wildman–Crippen LogP) is 5.15. The van der Waals surface area contributed by atoms with Crippen LogP contribution in [0, 0.1) is 18.3 Å². The third-order valence-corrected chi connectivity index (χ3v) is 5.98. The van der Waals surface area contributed by atoms with Crippen molar-refractivity contribution in [2.75, 3.05) is 5.32 Å². The Balaban J connectivity index is 1.76.